The van der Waals surface area contributed by atoms with E-state index in [-0.39, 0.29) is 47.4 Å². The van der Waals surface area contributed by atoms with Crippen LogP contribution in [-0.2, 0) is 14.3 Å². The molecule has 4 rings (SSSR count). The highest BCUT2D eigenvalue weighted by molar-refractivity contribution is 8.26. The highest BCUT2D eigenvalue weighted by atomic mass is 32.2. The summed E-state index contributed by atoms with van der Waals surface area (Å²) in [6, 6.07) is 5.23. The van der Waals surface area contributed by atoms with E-state index in [1.54, 1.807) is 36.2 Å². The van der Waals surface area contributed by atoms with Gasteiger partial charge in [-0.25, -0.2) is 9.78 Å². The second-order valence-corrected chi connectivity index (χ2v) is 9.76. The number of carbonyl (C=O) groups excluding carboxylic acids is 2. The Morgan fingerprint density at radius 3 is 2.67 bits per heavy atom. The summed E-state index contributed by atoms with van der Waals surface area (Å²) < 4.78 is 6.81. The summed E-state index contributed by atoms with van der Waals surface area (Å²) in [6.07, 6.45) is 2.94. The first-order valence-corrected chi connectivity index (χ1v) is 12.7. The SMILES string of the molecule is CCOC(=O)N1CCN(c2nc3ccccn3c(=O)c2C=C2SC(=S)N(CCCC(=O)O)C2=O)CC1. The van der Waals surface area contributed by atoms with Crippen LogP contribution in [0.1, 0.15) is 25.3 Å². The molecular formula is C23H25N5O6S2. The number of thiocarbonyl (C=S) groups is 1. The van der Waals surface area contributed by atoms with Gasteiger partial charge in [0, 0.05) is 45.3 Å². The third-order valence-corrected chi connectivity index (χ3v) is 7.15. The van der Waals surface area contributed by atoms with Gasteiger partial charge in [-0.05, 0) is 31.6 Å². The van der Waals surface area contributed by atoms with Gasteiger partial charge in [0.15, 0.2) is 0 Å². The lowest BCUT2D eigenvalue weighted by Crippen LogP contribution is -2.49. The maximum atomic E-state index is 13.5. The summed E-state index contributed by atoms with van der Waals surface area (Å²) in [7, 11) is 0. The predicted molar refractivity (Wildman–Crippen MR) is 139 cm³/mol. The van der Waals surface area contributed by atoms with E-state index in [0.717, 1.165) is 11.8 Å². The number of hydrogen-bond donors (Lipinski definition) is 1. The van der Waals surface area contributed by atoms with Gasteiger partial charge in [-0.1, -0.05) is 30.0 Å². The van der Waals surface area contributed by atoms with Gasteiger partial charge in [-0.2, -0.15) is 0 Å². The maximum Gasteiger partial charge on any atom is 0.409 e. The van der Waals surface area contributed by atoms with Crippen molar-refractivity contribution in [1.82, 2.24) is 19.2 Å². The highest BCUT2D eigenvalue weighted by Crippen LogP contribution is 2.33. The number of aromatic nitrogens is 2. The van der Waals surface area contributed by atoms with E-state index in [9.17, 15) is 19.2 Å². The quantitative estimate of drug-likeness (QED) is 0.419. The largest absolute Gasteiger partial charge is 0.481 e. The lowest BCUT2D eigenvalue weighted by molar-refractivity contribution is -0.137. The van der Waals surface area contributed by atoms with Crippen LogP contribution in [0.4, 0.5) is 10.6 Å². The molecule has 0 aliphatic carbocycles. The molecule has 0 saturated carbocycles. The van der Waals surface area contributed by atoms with Crippen molar-refractivity contribution >= 4 is 63.8 Å². The molecule has 11 nitrogen and oxygen atoms in total. The molecule has 4 heterocycles. The standard InChI is InChI=1S/C23H25N5O6S2/c1-2-34-22(33)26-12-10-25(11-13-26)19-15(20(31)27-8-4-3-6-17(27)24-19)14-16-21(32)28(23(35)36-16)9-5-7-18(29)30/h3-4,6,8,14H,2,5,7,9-13H2,1H3,(H,29,30). The summed E-state index contributed by atoms with van der Waals surface area (Å²) in [5.74, 6) is -0.893. The topological polar surface area (TPSA) is 125 Å². The van der Waals surface area contributed by atoms with E-state index in [0.29, 0.717) is 48.6 Å². The monoisotopic (exact) mass is 531 g/mol. The lowest BCUT2D eigenvalue weighted by atomic mass is 10.2. The van der Waals surface area contributed by atoms with Crippen LogP contribution in [0.2, 0.25) is 0 Å². The average molecular weight is 532 g/mol. The fourth-order valence-corrected chi connectivity index (χ4v) is 5.28. The summed E-state index contributed by atoms with van der Waals surface area (Å²) in [6.45, 7) is 3.91. The van der Waals surface area contributed by atoms with Crippen LogP contribution in [0.3, 0.4) is 0 Å². The summed E-state index contributed by atoms with van der Waals surface area (Å²) in [5, 5.41) is 8.88. The number of rotatable bonds is 7. The molecule has 0 spiro atoms. The first kappa shape index (κ1) is 25.6. The number of anilines is 1. The fourth-order valence-electron chi connectivity index (χ4n) is 3.99. The smallest absolute Gasteiger partial charge is 0.409 e. The van der Waals surface area contributed by atoms with Crippen LogP contribution in [0, 0.1) is 0 Å². The zero-order valence-corrected chi connectivity index (χ0v) is 21.2. The Morgan fingerprint density at radius 1 is 1.22 bits per heavy atom. The molecule has 0 atom stereocenters. The number of nitrogens with zero attached hydrogens (tertiary/aromatic N) is 5. The van der Waals surface area contributed by atoms with Gasteiger partial charge in [0.05, 0.1) is 17.1 Å². The van der Waals surface area contributed by atoms with E-state index in [2.05, 4.69) is 0 Å². The Labute approximate surface area is 216 Å². The second-order valence-electron chi connectivity index (χ2n) is 8.09. The number of aliphatic carboxylic acids is 1. The Kier molecular flexibility index (Phi) is 7.89. The molecule has 2 aromatic heterocycles. The van der Waals surface area contributed by atoms with E-state index in [1.807, 2.05) is 4.90 Å². The van der Waals surface area contributed by atoms with Gasteiger partial charge in [0.25, 0.3) is 11.5 Å². The van der Waals surface area contributed by atoms with E-state index in [4.69, 9.17) is 27.0 Å². The van der Waals surface area contributed by atoms with Crippen molar-refractivity contribution in [2.24, 2.45) is 0 Å². The van der Waals surface area contributed by atoms with Crippen molar-refractivity contribution in [2.45, 2.75) is 19.8 Å². The minimum absolute atomic E-state index is 0.0754. The van der Waals surface area contributed by atoms with Crippen molar-refractivity contribution in [3.63, 3.8) is 0 Å². The number of amides is 2. The van der Waals surface area contributed by atoms with Crippen LogP contribution in [0.5, 0.6) is 0 Å². The number of piperazine rings is 1. The summed E-state index contributed by atoms with van der Waals surface area (Å²) >= 11 is 6.41. The number of fused-ring (bicyclic) bond motifs is 1. The molecule has 2 aliphatic rings. The molecule has 0 aromatic carbocycles. The molecule has 0 bridgehead atoms. The number of carboxylic acids is 1. The Hall–Kier alpha value is -3.45. The average Bonchev–Trinajstić information content (AvgIpc) is 3.13. The zero-order valence-electron chi connectivity index (χ0n) is 19.6. The zero-order chi connectivity index (χ0) is 25.8. The maximum absolute atomic E-state index is 13.5. The second kappa shape index (κ2) is 11.1. The molecule has 13 heteroatoms. The number of hydrogen-bond acceptors (Lipinski definition) is 9. The first-order valence-electron chi connectivity index (χ1n) is 11.5. The van der Waals surface area contributed by atoms with Gasteiger partial charge >= 0.3 is 12.1 Å². The number of thioether (sulfide) groups is 1. The van der Waals surface area contributed by atoms with Crippen LogP contribution in [0.15, 0.2) is 34.1 Å². The van der Waals surface area contributed by atoms with E-state index < -0.39 is 5.97 Å². The summed E-state index contributed by atoms with van der Waals surface area (Å²) in [4.78, 5) is 59.3. The minimum atomic E-state index is -0.945. The van der Waals surface area contributed by atoms with Gasteiger partial charge < -0.3 is 19.6 Å². The molecule has 36 heavy (non-hydrogen) atoms. The Balaban J connectivity index is 1.66. The lowest BCUT2D eigenvalue weighted by Gasteiger charge is -2.35. The van der Waals surface area contributed by atoms with Crippen molar-refractivity contribution in [3.05, 3.63) is 45.2 Å². The Morgan fingerprint density at radius 2 is 1.97 bits per heavy atom. The minimum Gasteiger partial charge on any atom is -0.481 e. The number of ether oxygens (including phenoxy) is 1. The fraction of sp³-hybridized carbons (Fsp3) is 0.391. The molecular weight excluding hydrogens is 506 g/mol. The van der Waals surface area contributed by atoms with Gasteiger partial charge in [0.1, 0.15) is 15.8 Å². The third-order valence-electron chi connectivity index (χ3n) is 5.78. The number of carbonyl (C=O) groups is 3. The molecule has 2 fully saturated rings. The van der Waals surface area contributed by atoms with Crippen LogP contribution in [-0.4, -0.2) is 85.9 Å². The van der Waals surface area contributed by atoms with Crippen molar-refractivity contribution in [2.75, 3.05) is 44.2 Å². The van der Waals surface area contributed by atoms with Gasteiger partial charge in [0.2, 0.25) is 0 Å². The molecule has 1 N–H and O–H groups in total. The van der Waals surface area contributed by atoms with Crippen molar-refractivity contribution < 1.29 is 24.2 Å². The molecule has 0 radical (unpaired) electrons. The first-order chi connectivity index (χ1) is 17.3. The van der Waals surface area contributed by atoms with Crippen LogP contribution < -0.4 is 10.5 Å². The Bertz CT molecular complexity index is 1300. The highest BCUT2D eigenvalue weighted by Gasteiger charge is 2.33. The van der Waals surface area contributed by atoms with Gasteiger partial charge in [-0.15, -0.1) is 0 Å². The molecule has 2 saturated heterocycles. The van der Waals surface area contributed by atoms with Crippen LogP contribution in [0.25, 0.3) is 11.7 Å². The van der Waals surface area contributed by atoms with E-state index >= 15 is 0 Å². The molecule has 190 valence electrons. The van der Waals surface area contributed by atoms with E-state index in [1.165, 1.54) is 15.4 Å². The van der Waals surface area contributed by atoms with Crippen molar-refractivity contribution in [3.8, 4) is 0 Å². The normalized spacial score (nSPS) is 17.4. The molecule has 2 amide bonds. The van der Waals surface area contributed by atoms with Crippen molar-refractivity contribution in [1.29, 1.82) is 0 Å². The van der Waals surface area contributed by atoms with Crippen LogP contribution >= 0.6 is 24.0 Å². The molecule has 2 aromatic rings. The third kappa shape index (κ3) is 5.36. The number of pyridine rings is 1. The van der Waals surface area contributed by atoms with Gasteiger partial charge in [-0.3, -0.25) is 23.7 Å². The molecule has 2 aliphatic heterocycles. The number of carboxylic acid groups (broad SMARTS) is 1. The summed E-state index contributed by atoms with van der Waals surface area (Å²) in [5.41, 5.74) is 0.373. The predicted octanol–water partition coefficient (Wildman–Crippen LogP) is 2.04. The molecule has 0 unspecified atom stereocenters.